The average Bonchev–Trinajstić information content (AvgIpc) is 2.83. The van der Waals surface area contributed by atoms with Crippen molar-refractivity contribution >= 4 is 17.4 Å². The highest BCUT2D eigenvalue weighted by Gasteiger charge is 2.15. The van der Waals surface area contributed by atoms with Crippen LogP contribution in [0.5, 0.6) is 0 Å². The van der Waals surface area contributed by atoms with Crippen LogP contribution in [0.25, 0.3) is 22.5 Å². The molecule has 4 nitrogen and oxygen atoms in total. The summed E-state index contributed by atoms with van der Waals surface area (Å²) in [5.74, 6) is 0.447. The molecule has 0 spiro atoms. The zero-order valence-corrected chi connectivity index (χ0v) is 10.7. The van der Waals surface area contributed by atoms with Crippen molar-refractivity contribution in [3.8, 4) is 22.5 Å². The van der Waals surface area contributed by atoms with E-state index in [1.54, 1.807) is 6.20 Å². The first-order chi connectivity index (χ1) is 9.25. The number of rotatable bonds is 2. The highest BCUT2D eigenvalue weighted by Crippen LogP contribution is 2.34. The molecule has 0 saturated carbocycles. The second-order valence-electron chi connectivity index (χ2n) is 4.08. The fraction of sp³-hybridized carbons (Fsp3) is 0. The van der Waals surface area contributed by atoms with Gasteiger partial charge in [-0.3, -0.25) is 10.1 Å². The van der Waals surface area contributed by atoms with Crippen molar-refractivity contribution in [2.75, 3.05) is 5.73 Å². The van der Waals surface area contributed by atoms with E-state index in [0.29, 0.717) is 10.8 Å². The highest BCUT2D eigenvalue weighted by molar-refractivity contribution is 6.30. The number of aromatic amines is 1. The number of nitrogen functional groups attached to an aromatic ring is 1. The Bertz CT molecular complexity index is 689. The van der Waals surface area contributed by atoms with Crippen LogP contribution in [0.3, 0.4) is 0 Å². The Kier molecular flexibility index (Phi) is 2.93. The summed E-state index contributed by atoms with van der Waals surface area (Å²) in [4.78, 5) is 4.31. The maximum Gasteiger partial charge on any atom is 0.153 e. The van der Waals surface area contributed by atoms with Crippen LogP contribution in [0.2, 0.25) is 5.02 Å². The van der Waals surface area contributed by atoms with Gasteiger partial charge in [-0.2, -0.15) is 5.10 Å². The summed E-state index contributed by atoms with van der Waals surface area (Å²) in [6.45, 7) is 0. The van der Waals surface area contributed by atoms with Gasteiger partial charge in [0.05, 0.1) is 17.0 Å². The molecule has 0 saturated heterocycles. The van der Waals surface area contributed by atoms with Gasteiger partial charge in [-0.05, 0) is 29.8 Å². The number of nitrogens with two attached hydrogens (primary N) is 1. The number of hydrogen-bond acceptors (Lipinski definition) is 3. The maximum atomic E-state index is 5.95. The minimum Gasteiger partial charge on any atom is -0.382 e. The molecule has 1 aromatic carbocycles. The zero-order chi connectivity index (χ0) is 13.2. The molecule has 0 unspecified atom stereocenters. The largest absolute Gasteiger partial charge is 0.382 e. The molecule has 0 amide bonds. The zero-order valence-electron chi connectivity index (χ0n) is 9.97. The minimum absolute atomic E-state index is 0.447. The van der Waals surface area contributed by atoms with Crippen molar-refractivity contribution in [3.05, 3.63) is 53.7 Å². The van der Waals surface area contributed by atoms with Crippen molar-refractivity contribution in [2.24, 2.45) is 0 Å². The molecule has 0 atom stereocenters. The van der Waals surface area contributed by atoms with Crippen LogP contribution in [0.4, 0.5) is 5.82 Å². The number of benzene rings is 1. The molecular weight excluding hydrogens is 260 g/mol. The Morgan fingerprint density at radius 3 is 2.53 bits per heavy atom. The lowest BCUT2D eigenvalue weighted by atomic mass is 10.0. The van der Waals surface area contributed by atoms with Crippen molar-refractivity contribution in [1.29, 1.82) is 0 Å². The molecular formula is C14H11ClN4. The van der Waals surface area contributed by atoms with Crippen LogP contribution < -0.4 is 5.73 Å². The van der Waals surface area contributed by atoms with E-state index in [4.69, 9.17) is 17.3 Å². The number of anilines is 1. The minimum atomic E-state index is 0.447. The van der Waals surface area contributed by atoms with Crippen LogP contribution >= 0.6 is 11.6 Å². The molecule has 2 heterocycles. The van der Waals surface area contributed by atoms with Gasteiger partial charge in [-0.1, -0.05) is 29.8 Å². The molecule has 5 heteroatoms. The van der Waals surface area contributed by atoms with Crippen LogP contribution in [-0.4, -0.2) is 15.2 Å². The van der Waals surface area contributed by atoms with Gasteiger partial charge in [0.25, 0.3) is 0 Å². The topological polar surface area (TPSA) is 67.6 Å². The van der Waals surface area contributed by atoms with Gasteiger partial charge >= 0.3 is 0 Å². The van der Waals surface area contributed by atoms with E-state index in [2.05, 4.69) is 15.2 Å². The standard InChI is InChI=1S/C14H11ClN4/c15-10-6-4-9(5-7-10)12-13(18-19-14(12)16)11-3-1-2-8-17-11/h1-8H,(H3,16,18,19). The lowest BCUT2D eigenvalue weighted by Crippen LogP contribution is -1.89. The third kappa shape index (κ3) is 2.18. The summed E-state index contributed by atoms with van der Waals surface area (Å²) in [6.07, 6.45) is 1.73. The Morgan fingerprint density at radius 2 is 1.84 bits per heavy atom. The van der Waals surface area contributed by atoms with Crippen LogP contribution in [0.15, 0.2) is 48.7 Å². The number of H-pyrrole nitrogens is 1. The molecule has 3 rings (SSSR count). The average molecular weight is 271 g/mol. The van der Waals surface area contributed by atoms with Crippen molar-refractivity contribution in [1.82, 2.24) is 15.2 Å². The summed E-state index contributed by atoms with van der Waals surface area (Å²) in [6, 6.07) is 13.2. The Hall–Kier alpha value is -2.33. The third-order valence-corrected chi connectivity index (χ3v) is 3.10. The normalized spacial score (nSPS) is 10.6. The van der Waals surface area contributed by atoms with E-state index in [-0.39, 0.29) is 0 Å². The number of pyridine rings is 1. The molecule has 3 N–H and O–H groups in total. The highest BCUT2D eigenvalue weighted by atomic mass is 35.5. The number of hydrogen-bond donors (Lipinski definition) is 2. The van der Waals surface area contributed by atoms with Gasteiger partial charge < -0.3 is 5.73 Å². The van der Waals surface area contributed by atoms with E-state index in [1.165, 1.54) is 0 Å². The van der Waals surface area contributed by atoms with Crippen LogP contribution in [0, 0.1) is 0 Å². The SMILES string of the molecule is Nc1n[nH]c(-c2ccccn2)c1-c1ccc(Cl)cc1. The fourth-order valence-corrected chi connectivity index (χ4v) is 2.09. The second-order valence-corrected chi connectivity index (χ2v) is 4.52. The molecule has 0 radical (unpaired) electrons. The summed E-state index contributed by atoms with van der Waals surface area (Å²) in [5.41, 5.74) is 9.35. The van der Waals surface area contributed by atoms with E-state index in [1.807, 2.05) is 42.5 Å². The first-order valence-electron chi connectivity index (χ1n) is 5.77. The molecule has 3 aromatic rings. The summed E-state index contributed by atoms with van der Waals surface area (Å²) in [5, 5.41) is 7.69. The number of nitrogens with zero attached hydrogens (tertiary/aromatic N) is 2. The van der Waals surface area contributed by atoms with Gasteiger partial charge in [0.2, 0.25) is 0 Å². The monoisotopic (exact) mass is 270 g/mol. The molecule has 0 fully saturated rings. The molecule has 0 bridgehead atoms. The Labute approximate surface area is 115 Å². The van der Waals surface area contributed by atoms with Gasteiger partial charge in [-0.25, -0.2) is 0 Å². The van der Waals surface area contributed by atoms with Gasteiger partial charge in [0.15, 0.2) is 5.82 Å². The van der Waals surface area contributed by atoms with Gasteiger partial charge in [0.1, 0.15) is 0 Å². The van der Waals surface area contributed by atoms with E-state index in [0.717, 1.165) is 22.5 Å². The molecule has 0 aliphatic carbocycles. The Balaban J connectivity index is 2.17. The first-order valence-corrected chi connectivity index (χ1v) is 6.14. The molecule has 94 valence electrons. The lowest BCUT2D eigenvalue weighted by molar-refractivity contribution is 1.09. The maximum absolute atomic E-state index is 5.95. The first kappa shape index (κ1) is 11.7. The molecule has 0 aliphatic rings. The van der Waals surface area contributed by atoms with E-state index < -0.39 is 0 Å². The number of nitrogens with one attached hydrogen (secondary N) is 1. The van der Waals surface area contributed by atoms with Gasteiger partial charge in [0, 0.05) is 11.2 Å². The summed E-state index contributed by atoms with van der Waals surface area (Å²) >= 11 is 5.90. The summed E-state index contributed by atoms with van der Waals surface area (Å²) < 4.78 is 0. The van der Waals surface area contributed by atoms with Crippen molar-refractivity contribution in [2.45, 2.75) is 0 Å². The second kappa shape index (κ2) is 4.74. The van der Waals surface area contributed by atoms with Crippen molar-refractivity contribution < 1.29 is 0 Å². The quantitative estimate of drug-likeness (QED) is 0.750. The predicted octanol–water partition coefficient (Wildman–Crippen LogP) is 3.37. The molecule has 2 aromatic heterocycles. The fourth-order valence-electron chi connectivity index (χ4n) is 1.96. The van der Waals surface area contributed by atoms with Crippen molar-refractivity contribution in [3.63, 3.8) is 0 Å². The van der Waals surface area contributed by atoms with Crippen LogP contribution in [0.1, 0.15) is 0 Å². The lowest BCUT2D eigenvalue weighted by Gasteiger charge is -2.04. The van der Waals surface area contributed by atoms with E-state index >= 15 is 0 Å². The number of aromatic nitrogens is 3. The Morgan fingerprint density at radius 1 is 1.05 bits per heavy atom. The number of halogens is 1. The van der Waals surface area contributed by atoms with E-state index in [9.17, 15) is 0 Å². The summed E-state index contributed by atoms with van der Waals surface area (Å²) in [7, 11) is 0. The van der Waals surface area contributed by atoms with Crippen LogP contribution in [-0.2, 0) is 0 Å². The molecule has 19 heavy (non-hydrogen) atoms. The predicted molar refractivity (Wildman–Crippen MR) is 76.7 cm³/mol. The van der Waals surface area contributed by atoms with Gasteiger partial charge in [-0.15, -0.1) is 0 Å². The smallest absolute Gasteiger partial charge is 0.153 e. The third-order valence-electron chi connectivity index (χ3n) is 2.85. The molecule has 0 aliphatic heterocycles.